The first kappa shape index (κ1) is 21.3. The Kier molecular flexibility index (Phi) is 8.37. The van der Waals surface area contributed by atoms with Crippen LogP contribution < -0.4 is 16.4 Å². The van der Waals surface area contributed by atoms with E-state index in [0.29, 0.717) is 35.4 Å². The normalized spacial score (nSPS) is 12.8. The van der Waals surface area contributed by atoms with E-state index in [1.807, 2.05) is 6.92 Å². The van der Waals surface area contributed by atoms with Crippen LogP contribution in [0, 0.1) is 5.92 Å². The summed E-state index contributed by atoms with van der Waals surface area (Å²) >= 11 is 0. The molecule has 6 N–H and O–H groups in total. The maximum Gasteiger partial charge on any atom is 0.245 e. The highest BCUT2D eigenvalue weighted by Crippen LogP contribution is 2.19. The molecule has 0 fully saturated rings. The number of rotatable bonds is 12. The van der Waals surface area contributed by atoms with Crippen LogP contribution >= 0.6 is 0 Å². The lowest BCUT2D eigenvalue weighted by Gasteiger charge is -2.18. The minimum absolute atomic E-state index is 0.0703. The minimum Gasteiger partial charge on any atom is -0.395 e. The maximum atomic E-state index is 12.5. The fourth-order valence-corrected chi connectivity index (χ4v) is 2.64. The van der Waals surface area contributed by atoms with Gasteiger partial charge in [0.1, 0.15) is 17.8 Å². The Hall–Kier alpha value is -2.99. The van der Waals surface area contributed by atoms with Gasteiger partial charge in [-0.05, 0) is 6.42 Å². The van der Waals surface area contributed by atoms with Gasteiger partial charge in [0, 0.05) is 6.54 Å². The van der Waals surface area contributed by atoms with E-state index < -0.39 is 11.8 Å². The maximum absolute atomic E-state index is 12.5. The van der Waals surface area contributed by atoms with E-state index in [1.165, 1.54) is 6.33 Å². The van der Waals surface area contributed by atoms with Crippen molar-refractivity contribution in [1.82, 2.24) is 30.4 Å². The zero-order valence-corrected chi connectivity index (χ0v) is 15.7. The van der Waals surface area contributed by atoms with Gasteiger partial charge in [0.2, 0.25) is 17.9 Å². The second-order valence-electron chi connectivity index (χ2n) is 6.20. The number of unbranched alkanes of at least 4 members (excludes halogenated alkanes) is 2. The molecule has 0 unspecified atom stereocenters. The zero-order chi connectivity index (χ0) is 20.4. The lowest BCUT2D eigenvalue weighted by molar-refractivity contribution is -0.154. The van der Waals surface area contributed by atoms with Crippen molar-refractivity contribution in [2.75, 3.05) is 25.0 Å². The minimum atomic E-state index is -0.597. The van der Waals surface area contributed by atoms with Gasteiger partial charge in [0.05, 0.1) is 19.1 Å². The molecule has 2 aliphatic rings. The van der Waals surface area contributed by atoms with Gasteiger partial charge in [-0.25, -0.2) is 20.5 Å². The third kappa shape index (κ3) is 6.03. The van der Waals surface area contributed by atoms with Crippen LogP contribution in [0.3, 0.4) is 0 Å². The molecule has 0 aromatic heterocycles. The molecule has 12 heteroatoms. The number of carbonyl (C=O) groups is 2. The first-order chi connectivity index (χ1) is 13.6. The van der Waals surface area contributed by atoms with Gasteiger partial charge < -0.3 is 20.4 Å². The van der Waals surface area contributed by atoms with E-state index in [-0.39, 0.29) is 25.2 Å². The molecule has 28 heavy (non-hydrogen) atoms. The van der Waals surface area contributed by atoms with Gasteiger partial charge in [-0.15, -0.1) is 5.10 Å². The van der Waals surface area contributed by atoms with E-state index in [0.717, 1.165) is 19.3 Å². The second-order valence-corrected chi connectivity index (χ2v) is 6.20. The van der Waals surface area contributed by atoms with E-state index in [2.05, 4.69) is 35.8 Å². The van der Waals surface area contributed by atoms with Crippen molar-refractivity contribution in [3.8, 4) is 11.5 Å². The molecule has 1 atom stereocenters. The molecule has 2 rings (SSSR count). The summed E-state index contributed by atoms with van der Waals surface area (Å²) in [5.74, 6) is -0.0678. The number of carbonyl (C=O) groups excluding carboxylic acids is 2. The quantitative estimate of drug-likeness (QED) is 0.123. The van der Waals surface area contributed by atoms with Crippen LogP contribution in [0.5, 0.6) is 0 Å². The number of H-pyrrole nitrogens is 2. The fourth-order valence-electron chi connectivity index (χ4n) is 2.64. The predicted octanol–water partition coefficient (Wildman–Crippen LogP) is -0.382. The molecule has 0 saturated heterocycles. The molecule has 0 aliphatic carbocycles. The molecule has 2 amide bonds. The molecule has 154 valence electrons. The second kappa shape index (κ2) is 11.0. The summed E-state index contributed by atoms with van der Waals surface area (Å²) in [6.45, 7) is 2.16. The number of fused-ring (bicyclic) bond motifs is 1. The average molecular weight is 394 g/mol. The van der Waals surface area contributed by atoms with Crippen LogP contribution in [0.1, 0.15) is 32.6 Å². The first-order valence-corrected chi connectivity index (χ1v) is 9.11. The largest absolute Gasteiger partial charge is 0.395 e. The molecule has 0 bridgehead atoms. The van der Waals surface area contributed by atoms with Gasteiger partial charge in [0.15, 0.2) is 5.82 Å². The average Bonchev–Trinajstić information content (AvgIpc) is 3.18. The number of aliphatic hydroxyl groups is 1. The summed E-state index contributed by atoms with van der Waals surface area (Å²) < 4.78 is 0. The number of aromatic nitrogens is 4. The van der Waals surface area contributed by atoms with Crippen LogP contribution in [0.25, 0.3) is 11.5 Å². The molecule has 2 heterocycles. The van der Waals surface area contributed by atoms with Gasteiger partial charge >= 0.3 is 0 Å². The Balaban J connectivity index is 2.15. The summed E-state index contributed by atoms with van der Waals surface area (Å²) in [7, 11) is 0. The Morgan fingerprint density at radius 3 is 2.93 bits per heavy atom. The molecular formula is C16H26N8O4. The standard InChI is InChI=1S/C16H26N8O4/c1-2-3-4-5-11(8-24(28)10-26)15(27)22-23-16-20-13(17-6-7-25)12-14(21-16)19-9-18-12/h9-11,25,28H,2-8H2,1H3,(H,22,27)(H3,17,18,19,20,21,23)/t11-/m1/s1. The number of aromatic amines is 2. The number of hydroxylamine groups is 2. The Labute approximate surface area is 161 Å². The number of amides is 2. The van der Waals surface area contributed by atoms with E-state index >= 15 is 0 Å². The van der Waals surface area contributed by atoms with Crippen LogP contribution in [0.2, 0.25) is 0 Å². The number of anilines is 1. The number of nitrogens with one attached hydrogen (secondary N) is 4. The lowest BCUT2D eigenvalue weighted by atomic mass is 10.0. The fraction of sp³-hybridized carbons (Fsp3) is 0.562. The molecule has 0 spiro atoms. The van der Waals surface area contributed by atoms with E-state index in [1.54, 1.807) is 0 Å². The number of imidazole rings is 1. The summed E-state index contributed by atoms with van der Waals surface area (Å²) in [5, 5.41) is 25.9. The van der Waals surface area contributed by atoms with Crippen LogP contribution in [0.4, 0.5) is 5.82 Å². The molecule has 0 radical (unpaired) electrons. The molecule has 0 aromatic rings. The van der Waals surface area contributed by atoms with Crippen molar-refractivity contribution in [2.24, 2.45) is 11.0 Å². The summed E-state index contributed by atoms with van der Waals surface area (Å²) in [6.07, 6.45) is 4.89. The van der Waals surface area contributed by atoms with Crippen LogP contribution in [-0.2, 0) is 9.59 Å². The Bertz CT molecular complexity index is 789. The van der Waals surface area contributed by atoms with Gasteiger partial charge in [0.25, 0.3) is 0 Å². The van der Waals surface area contributed by atoms with Gasteiger partial charge in [-0.2, -0.15) is 0 Å². The SMILES string of the molecule is CCCCC[C@H](CN(O)C=O)C(=O)N/N=c1/[nH]c2ncnc-2c(NCCO)[nH]1. The first-order valence-electron chi connectivity index (χ1n) is 9.11. The van der Waals surface area contributed by atoms with Crippen molar-refractivity contribution >= 4 is 18.1 Å². The summed E-state index contributed by atoms with van der Waals surface area (Å²) in [5.41, 5.74) is 3.19. The van der Waals surface area contributed by atoms with Gasteiger partial charge in [-0.1, -0.05) is 26.2 Å². The number of hydrogen-bond acceptors (Lipinski definition) is 8. The van der Waals surface area contributed by atoms with Crippen LogP contribution in [0.15, 0.2) is 11.4 Å². The molecule has 2 aliphatic heterocycles. The van der Waals surface area contributed by atoms with Gasteiger partial charge in [-0.3, -0.25) is 14.8 Å². The van der Waals surface area contributed by atoms with E-state index in [4.69, 9.17) is 5.11 Å². The topological polar surface area (TPSA) is 172 Å². The highest BCUT2D eigenvalue weighted by molar-refractivity contribution is 5.78. The van der Waals surface area contributed by atoms with Crippen molar-refractivity contribution in [3.05, 3.63) is 11.9 Å². The molecule has 0 saturated carbocycles. The van der Waals surface area contributed by atoms with Crippen LogP contribution in [-0.4, -0.2) is 67.3 Å². The monoisotopic (exact) mass is 394 g/mol. The lowest BCUT2D eigenvalue weighted by Crippen LogP contribution is -2.37. The highest BCUT2D eigenvalue weighted by atomic mass is 16.5. The number of hydrogen-bond donors (Lipinski definition) is 6. The smallest absolute Gasteiger partial charge is 0.245 e. The van der Waals surface area contributed by atoms with Crippen molar-refractivity contribution in [3.63, 3.8) is 0 Å². The Morgan fingerprint density at radius 2 is 2.21 bits per heavy atom. The van der Waals surface area contributed by atoms with E-state index in [9.17, 15) is 14.8 Å². The van der Waals surface area contributed by atoms with Crippen molar-refractivity contribution in [2.45, 2.75) is 32.6 Å². The molecule has 0 aromatic carbocycles. The predicted molar refractivity (Wildman–Crippen MR) is 98.8 cm³/mol. The Morgan fingerprint density at radius 1 is 1.39 bits per heavy atom. The number of aliphatic hydroxyl groups excluding tert-OH is 1. The molecule has 12 nitrogen and oxygen atoms in total. The summed E-state index contributed by atoms with van der Waals surface area (Å²) in [6, 6.07) is 0. The van der Waals surface area contributed by atoms with Crippen molar-refractivity contribution < 1.29 is 19.9 Å². The zero-order valence-electron chi connectivity index (χ0n) is 15.7. The number of nitrogens with zero attached hydrogens (tertiary/aromatic N) is 4. The third-order valence-corrected chi connectivity index (χ3v) is 4.06. The van der Waals surface area contributed by atoms with Crippen molar-refractivity contribution in [1.29, 1.82) is 0 Å². The summed E-state index contributed by atoms with van der Waals surface area (Å²) in [4.78, 5) is 37.1. The third-order valence-electron chi connectivity index (χ3n) is 4.06. The molecular weight excluding hydrogens is 368 g/mol. The highest BCUT2D eigenvalue weighted by Gasteiger charge is 2.20.